The van der Waals surface area contributed by atoms with Gasteiger partial charge in [-0.2, -0.15) is 0 Å². The number of carbonyl (C=O) groups excluding carboxylic acids is 1. The summed E-state index contributed by atoms with van der Waals surface area (Å²) in [4.78, 5) is 12.0. The summed E-state index contributed by atoms with van der Waals surface area (Å²) in [6.45, 7) is 1.98. The van der Waals surface area contributed by atoms with E-state index in [1.165, 1.54) is 0 Å². The normalized spacial score (nSPS) is 11.8. The molecule has 0 saturated carbocycles. The van der Waals surface area contributed by atoms with E-state index in [1.54, 1.807) is 49.4 Å². The molecule has 0 saturated heterocycles. The third kappa shape index (κ3) is 4.80. The maximum atomic E-state index is 12.0. The Labute approximate surface area is 144 Å². The number of amides is 1. The zero-order valence-corrected chi connectivity index (χ0v) is 14.0. The molecule has 6 heteroatoms. The molecular weight excluding hydrogens is 345 g/mol. The molecule has 22 heavy (non-hydrogen) atoms. The van der Waals surface area contributed by atoms with Crippen molar-refractivity contribution < 1.29 is 9.53 Å². The van der Waals surface area contributed by atoms with Crippen LogP contribution in [0.5, 0.6) is 5.75 Å². The van der Waals surface area contributed by atoms with Crippen LogP contribution in [0, 0.1) is 0 Å². The van der Waals surface area contributed by atoms with Gasteiger partial charge in [-0.1, -0.05) is 40.9 Å². The highest BCUT2D eigenvalue weighted by Crippen LogP contribution is 2.21. The van der Waals surface area contributed by atoms with Crippen LogP contribution in [0.4, 0.5) is 0 Å². The number of halogens is 3. The van der Waals surface area contributed by atoms with Crippen LogP contribution in [0.1, 0.15) is 12.5 Å². The molecule has 0 bridgehead atoms. The number of ether oxygens (including phenoxy) is 1. The summed E-state index contributed by atoms with van der Waals surface area (Å²) in [6.07, 6.45) is -0.632. The van der Waals surface area contributed by atoms with Crippen LogP contribution in [0.25, 0.3) is 0 Å². The Hall–Kier alpha value is -1.42. The minimum absolute atomic E-state index is 0.235. The van der Waals surface area contributed by atoms with Gasteiger partial charge in [0.2, 0.25) is 0 Å². The van der Waals surface area contributed by atoms with Crippen molar-refractivity contribution >= 4 is 40.7 Å². The zero-order valence-electron chi connectivity index (χ0n) is 11.8. The van der Waals surface area contributed by atoms with Gasteiger partial charge in [-0.15, -0.1) is 0 Å². The summed E-state index contributed by atoms with van der Waals surface area (Å²) in [5, 5.41) is 4.45. The predicted octanol–water partition coefficient (Wildman–Crippen LogP) is 4.73. The van der Waals surface area contributed by atoms with Gasteiger partial charge < -0.3 is 10.1 Å². The molecule has 1 N–H and O–H groups in total. The molecule has 0 heterocycles. The van der Waals surface area contributed by atoms with Crippen LogP contribution < -0.4 is 10.1 Å². The fraction of sp³-hybridized carbons (Fsp3) is 0.188. The average Bonchev–Trinajstić information content (AvgIpc) is 2.48. The number of benzene rings is 2. The Balaban J connectivity index is 1.89. The van der Waals surface area contributed by atoms with Crippen molar-refractivity contribution in [1.82, 2.24) is 5.32 Å². The largest absolute Gasteiger partial charge is 0.481 e. The number of rotatable bonds is 5. The Kier molecular flexibility index (Phi) is 5.95. The monoisotopic (exact) mass is 357 g/mol. The van der Waals surface area contributed by atoms with Crippen LogP contribution in [-0.2, 0) is 11.3 Å². The highest BCUT2D eigenvalue weighted by atomic mass is 35.5. The van der Waals surface area contributed by atoms with Gasteiger partial charge in [0, 0.05) is 21.6 Å². The third-order valence-corrected chi connectivity index (χ3v) is 3.80. The third-order valence-electron chi connectivity index (χ3n) is 2.96. The second kappa shape index (κ2) is 7.73. The first-order valence-corrected chi connectivity index (χ1v) is 7.73. The van der Waals surface area contributed by atoms with Crippen LogP contribution in [0.15, 0.2) is 42.5 Å². The maximum absolute atomic E-state index is 12.0. The van der Waals surface area contributed by atoms with Crippen LogP contribution in [-0.4, -0.2) is 12.0 Å². The lowest BCUT2D eigenvalue weighted by Crippen LogP contribution is -2.35. The second-order valence-electron chi connectivity index (χ2n) is 4.67. The summed E-state index contributed by atoms with van der Waals surface area (Å²) in [6, 6.07) is 12.0. The molecular formula is C16H14Cl3NO2. The van der Waals surface area contributed by atoms with Crippen molar-refractivity contribution in [1.29, 1.82) is 0 Å². The zero-order chi connectivity index (χ0) is 16.1. The standard InChI is InChI=1S/C16H14Cl3NO2/c1-10(22-14-6-4-12(17)5-7-14)16(21)20-9-11-2-3-13(18)8-15(11)19/h2-8,10H,9H2,1H3,(H,20,21). The Morgan fingerprint density at radius 3 is 2.36 bits per heavy atom. The van der Waals surface area contributed by atoms with Gasteiger partial charge >= 0.3 is 0 Å². The fourth-order valence-electron chi connectivity index (χ4n) is 1.76. The van der Waals surface area contributed by atoms with Gasteiger partial charge in [0.25, 0.3) is 5.91 Å². The molecule has 1 amide bonds. The topological polar surface area (TPSA) is 38.3 Å². The molecule has 3 nitrogen and oxygen atoms in total. The molecule has 2 aromatic carbocycles. The maximum Gasteiger partial charge on any atom is 0.261 e. The van der Waals surface area contributed by atoms with E-state index in [9.17, 15) is 4.79 Å². The molecule has 1 atom stereocenters. The van der Waals surface area contributed by atoms with Crippen LogP contribution in [0.2, 0.25) is 15.1 Å². The molecule has 0 aromatic heterocycles. The molecule has 2 aromatic rings. The van der Waals surface area contributed by atoms with E-state index in [0.29, 0.717) is 27.4 Å². The summed E-state index contributed by atoms with van der Waals surface area (Å²) in [7, 11) is 0. The fourth-order valence-corrected chi connectivity index (χ4v) is 2.36. The first-order valence-electron chi connectivity index (χ1n) is 6.59. The highest BCUT2D eigenvalue weighted by molar-refractivity contribution is 6.35. The summed E-state index contributed by atoms with van der Waals surface area (Å²) < 4.78 is 5.54. The van der Waals surface area contributed by atoms with E-state index in [2.05, 4.69) is 5.32 Å². The molecule has 0 aliphatic rings. The molecule has 0 aliphatic heterocycles. The Bertz CT molecular complexity index is 659. The summed E-state index contributed by atoms with van der Waals surface area (Å²) in [5.41, 5.74) is 0.790. The number of nitrogens with one attached hydrogen (secondary N) is 1. The van der Waals surface area contributed by atoms with E-state index < -0.39 is 6.10 Å². The van der Waals surface area contributed by atoms with Crippen molar-refractivity contribution in [2.24, 2.45) is 0 Å². The van der Waals surface area contributed by atoms with Gasteiger partial charge in [-0.25, -0.2) is 0 Å². The van der Waals surface area contributed by atoms with Crippen LogP contribution in [0.3, 0.4) is 0 Å². The van der Waals surface area contributed by atoms with Crippen LogP contribution >= 0.6 is 34.8 Å². The van der Waals surface area contributed by atoms with Crippen molar-refractivity contribution in [3.05, 3.63) is 63.1 Å². The van der Waals surface area contributed by atoms with Gasteiger partial charge in [0.1, 0.15) is 5.75 Å². The average molecular weight is 359 g/mol. The molecule has 0 aliphatic carbocycles. The molecule has 0 radical (unpaired) electrons. The predicted molar refractivity (Wildman–Crippen MR) is 89.9 cm³/mol. The molecule has 1 unspecified atom stereocenters. The lowest BCUT2D eigenvalue weighted by Gasteiger charge is -2.15. The SMILES string of the molecule is CC(Oc1ccc(Cl)cc1)C(=O)NCc1ccc(Cl)cc1Cl. The van der Waals surface area contributed by atoms with Gasteiger partial charge in [-0.05, 0) is 48.9 Å². The van der Waals surface area contributed by atoms with Crippen molar-refractivity contribution in [2.75, 3.05) is 0 Å². The van der Waals surface area contributed by atoms with Gasteiger partial charge in [0.05, 0.1) is 0 Å². The van der Waals surface area contributed by atoms with E-state index in [0.717, 1.165) is 5.56 Å². The Morgan fingerprint density at radius 2 is 1.73 bits per heavy atom. The summed E-state index contributed by atoms with van der Waals surface area (Å²) in [5.74, 6) is 0.345. The summed E-state index contributed by atoms with van der Waals surface area (Å²) >= 11 is 17.7. The van der Waals surface area contributed by atoms with E-state index in [-0.39, 0.29) is 5.91 Å². The molecule has 2 rings (SSSR count). The highest BCUT2D eigenvalue weighted by Gasteiger charge is 2.14. The smallest absolute Gasteiger partial charge is 0.261 e. The van der Waals surface area contributed by atoms with Crippen molar-refractivity contribution in [3.63, 3.8) is 0 Å². The molecule has 0 fully saturated rings. The second-order valence-corrected chi connectivity index (χ2v) is 5.95. The number of carbonyl (C=O) groups is 1. The van der Waals surface area contributed by atoms with Gasteiger partial charge in [-0.3, -0.25) is 4.79 Å². The minimum Gasteiger partial charge on any atom is -0.481 e. The first-order chi connectivity index (χ1) is 10.5. The van der Waals surface area contributed by atoms with E-state index in [4.69, 9.17) is 39.5 Å². The van der Waals surface area contributed by atoms with Crippen molar-refractivity contribution in [2.45, 2.75) is 19.6 Å². The number of hydrogen-bond donors (Lipinski definition) is 1. The lowest BCUT2D eigenvalue weighted by atomic mass is 10.2. The lowest BCUT2D eigenvalue weighted by molar-refractivity contribution is -0.127. The minimum atomic E-state index is -0.632. The quantitative estimate of drug-likeness (QED) is 0.839. The number of hydrogen-bond acceptors (Lipinski definition) is 2. The van der Waals surface area contributed by atoms with Gasteiger partial charge in [0.15, 0.2) is 6.10 Å². The van der Waals surface area contributed by atoms with E-state index >= 15 is 0 Å². The van der Waals surface area contributed by atoms with Crippen molar-refractivity contribution in [3.8, 4) is 5.75 Å². The molecule has 0 spiro atoms. The Morgan fingerprint density at radius 1 is 1.09 bits per heavy atom. The first kappa shape index (κ1) is 16.9. The molecule has 116 valence electrons. The van der Waals surface area contributed by atoms with E-state index in [1.807, 2.05) is 0 Å².